The number of ether oxygens (including phenoxy) is 2. The molecule has 7 heteroatoms. The molecular weight excluding hydrogens is 374 g/mol. The zero-order valence-electron chi connectivity index (χ0n) is 15.8. The molecule has 3 aromatic rings. The molecule has 1 aromatic carbocycles. The molecule has 144 valence electrons. The van der Waals surface area contributed by atoms with Gasteiger partial charge in [0.1, 0.15) is 5.01 Å². The average Bonchev–Trinajstić information content (AvgIpc) is 3.17. The number of anilines is 1. The average molecular weight is 395 g/mol. The third-order valence-corrected chi connectivity index (χ3v) is 6.04. The number of nitrogens with one attached hydrogen (secondary N) is 1. The Morgan fingerprint density at radius 2 is 2.07 bits per heavy atom. The molecule has 0 fully saturated rings. The lowest BCUT2D eigenvalue weighted by Gasteiger charge is -2.20. The molecule has 4 rings (SSSR count). The predicted molar refractivity (Wildman–Crippen MR) is 109 cm³/mol. The van der Waals surface area contributed by atoms with Crippen LogP contribution in [0.1, 0.15) is 17.0 Å². The Kier molecular flexibility index (Phi) is 5.25. The molecule has 0 aliphatic heterocycles. The second-order valence-electron chi connectivity index (χ2n) is 6.63. The lowest BCUT2D eigenvalue weighted by Crippen LogP contribution is -2.27. The molecule has 1 N–H and O–H groups in total. The molecular formula is C21H21N3O3S. The number of aryl methyl sites for hydroxylation is 1. The number of benzene rings is 1. The van der Waals surface area contributed by atoms with Crippen molar-refractivity contribution in [3.05, 3.63) is 53.3 Å². The summed E-state index contributed by atoms with van der Waals surface area (Å²) in [5.41, 5.74) is 2.83. The zero-order valence-corrected chi connectivity index (χ0v) is 16.6. The second-order valence-corrected chi connectivity index (χ2v) is 7.71. The summed E-state index contributed by atoms with van der Waals surface area (Å²) < 4.78 is 10.5. The summed E-state index contributed by atoms with van der Waals surface area (Å²) in [4.78, 5) is 22.9. The van der Waals surface area contributed by atoms with Gasteiger partial charge in [-0.2, -0.15) is 0 Å². The van der Waals surface area contributed by atoms with Crippen LogP contribution >= 0.6 is 11.3 Å². The topological polar surface area (TPSA) is 73.3 Å². The summed E-state index contributed by atoms with van der Waals surface area (Å²) in [6.45, 7) is 0. The minimum Gasteiger partial charge on any atom is -0.493 e. The van der Waals surface area contributed by atoms with E-state index in [4.69, 9.17) is 14.5 Å². The van der Waals surface area contributed by atoms with Crippen molar-refractivity contribution < 1.29 is 14.3 Å². The van der Waals surface area contributed by atoms with Gasteiger partial charge in [0.05, 0.1) is 19.9 Å². The van der Waals surface area contributed by atoms with Gasteiger partial charge in [0.15, 0.2) is 11.5 Å². The number of carbonyl (C=O) groups excluding carboxylic acids is 1. The Hall–Kier alpha value is -2.93. The van der Waals surface area contributed by atoms with Crippen LogP contribution in [-0.4, -0.2) is 30.1 Å². The van der Waals surface area contributed by atoms with E-state index in [9.17, 15) is 4.79 Å². The Morgan fingerprint density at radius 3 is 2.82 bits per heavy atom. The number of methoxy groups -OCH3 is 2. The van der Waals surface area contributed by atoms with Gasteiger partial charge in [-0.05, 0) is 43.5 Å². The molecule has 28 heavy (non-hydrogen) atoms. The molecule has 1 atom stereocenters. The van der Waals surface area contributed by atoms with Crippen LogP contribution in [-0.2, 0) is 17.6 Å². The van der Waals surface area contributed by atoms with Crippen molar-refractivity contribution in [2.45, 2.75) is 19.3 Å². The van der Waals surface area contributed by atoms with Gasteiger partial charge >= 0.3 is 0 Å². The number of hydrogen-bond acceptors (Lipinski definition) is 6. The Bertz CT molecular complexity index is 988. The van der Waals surface area contributed by atoms with Gasteiger partial charge in [-0.15, -0.1) is 11.3 Å². The van der Waals surface area contributed by atoms with Crippen LogP contribution in [0.15, 0.2) is 42.7 Å². The molecule has 0 saturated carbocycles. The van der Waals surface area contributed by atoms with Gasteiger partial charge < -0.3 is 14.8 Å². The normalized spacial score (nSPS) is 15.6. The van der Waals surface area contributed by atoms with E-state index in [0.717, 1.165) is 29.1 Å². The van der Waals surface area contributed by atoms with E-state index in [1.165, 1.54) is 4.88 Å². The minimum atomic E-state index is -0.0669. The summed E-state index contributed by atoms with van der Waals surface area (Å²) in [5.74, 6) is 1.18. The SMILES string of the molecule is COc1ccc(NC(=O)C2CCc3nc(-c4cccnc4)sc3C2)cc1OC. The summed E-state index contributed by atoms with van der Waals surface area (Å²) in [5, 5.41) is 3.98. The fourth-order valence-corrected chi connectivity index (χ4v) is 4.55. The molecule has 6 nitrogen and oxygen atoms in total. The standard InChI is InChI=1S/C21H21N3O3S/c1-26-17-8-6-15(11-18(17)27-2)23-20(25)13-5-7-16-19(10-13)28-21(24-16)14-4-3-9-22-12-14/h3-4,6,8-9,11-13H,5,7,10H2,1-2H3,(H,23,25). The molecule has 1 aliphatic carbocycles. The molecule has 2 heterocycles. The highest BCUT2D eigenvalue weighted by Crippen LogP contribution is 2.35. The van der Waals surface area contributed by atoms with Gasteiger partial charge in [0.25, 0.3) is 0 Å². The maximum atomic E-state index is 12.8. The number of carbonyl (C=O) groups is 1. The van der Waals surface area contributed by atoms with Crippen LogP contribution in [0.25, 0.3) is 10.6 Å². The van der Waals surface area contributed by atoms with Crippen molar-refractivity contribution in [2.75, 3.05) is 19.5 Å². The molecule has 1 amide bonds. The van der Waals surface area contributed by atoms with Crippen LogP contribution < -0.4 is 14.8 Å². The molecule has 0 radical (unpaired) electrons. The number of aromatic nitrogens is 2. The fourth-order valence-electron chi connectivity index (χ4n) is 3.37. The van der Waals surface area contributed by atoms with E-state index in [1.807, 2.05) is 24.4 Å². The van der Waals surface area contributed by atoms with E-state index < -0.39 is 0 Å². The van der Waals surface area contributed by atoms with Gasteiger partial charge in [-0.1, -0.05) is 0 Å². The van der Waals surface area contributed by atoms with Crippen molar-refractivity contribution >= 4 is 22.9 Å². The van der Waals surface area contributed by atoms with E-state index in [-0.39, 0.29) is 11.8 Å². The number of amides is 1. The number of fused-ring (bicyclic) bond motifs is 1. The monoisotopic (exact) mass is 395 g/mol. The van der Waals surface area contributed by atoms with Crippen molar-refractivity contribution in [3.63, 3.8) is 0 Å². The molecule has 1 unspecified atom stereocenters. The first-order valence-electron chi connectivity index (χ1n) is 9.10. The lowest BCUT2D eigenvalue weighted by molar-refractivity contribution is -0.120. The number of nitrogens with zero attached hydrogens (tertiary/aromatic N) is 2. The summed E-state index contributed by atoms with van der Waals surface area (Å²) in [6, 6.07) is 9.31. The van der Waals surface area contributed by atoms with Gasteiger partial charge in [0.2, 0.25) is 5.91 Å². The zero-order chi connectivity index (χ0) is 19.5. The highest BCUT2D eigenvalue weighted by molar-refractivity contribution is 7.15. The van der Waals surface area contributed by atoms with Gasteiger partial charge in [0, 0.05) is 40.5 Å². The Labute approximate surface area is 167 Å². The van der Waals surface area contributed by atoms with Crippen LogP contribution in [0.2, 0.25) is 0 Å². The van der Waals surface area contributed by atoms with E-state index in [2.05, 4.69) is 10.3 Å². The van der Waals surface area contributed by atoms with Crippen molar-refractivity contribution in [2.24, 2.45) is 5.92 Å². The Balaban J connectivity index is 1.47. The fraction of sp³-hybridized carbons (Fsp3) is 0.286. The minimum absolute atomic E-state index is 0.0224. The van der Waals surface area contributed by atoms with E-state index >= 15 is 0 Å². The summed E-state index contributed by atoms with van der Waals surface area (Å²) in [6.07, 6.45) is 5.90. The van der Waals surface area contributed by atoms with E-state index in [0.29, 0.717) is 23.6 Å². The maximum absolute atomic E-state index is 12.8. The van der Waals surface area contributed by atoms with E-state index in [1.54, 1.807) is 43.9 Å². The molecule has 0 bridgehead atoms. The smallest absolute Gasteiger partial charge is 0.227 e. The highest BCUT2D eigenvalue weighted by Gasteiger charge is 2.28. The first kappa shape index (κ1) is 18.4. The van der Waals surface area contributed by atoms with Gasteiger partial charge in [-0.25, -0.2) is 4.98 Å². The molecule has 0 spiro atoms. The van der Waals surface area contributed by atoms with Crippen molar-refractivity contribution in [1.29, 1.82) is 0 Å². The quantitative estimate of drug-likeness (QED) is 0.708. The number of rotatable bonds is 5. The van der Waals surface area contributed by atoms with Crippen LogP contribution in [0, 0.1) is 5.92 Å². The molecule has 0 saturated heterocycles. The second kappa shape index (κ2) is 7.98. The highest BCUT2D eigenvalue weighted by atomic mass is 32.1. The van der Waals surface area contributed by atoms with Crippen LogP contribution in [0.4, 0.5) is 5.69 Å². The largest absolute Gasteiger partial charge is 0.493 e. The number of pyridine rings is 1. The lowest BCUT2D eigenvalue weighted by atomic mass is 9.90. The third-order valence-electron chi connectivity index (χ3n) is 4.87. The number of thiazole rings is 1. The molecule has 2 aromatic heterocycles. The first-order chi connectivity index (χ1) is 13.7. The summed E-state index contributed by atoms with van der Waals surface area (Å²) >= 11 is 1.66. The number of hydrogen-bond donors (Lipinski definition) is 1. The summed E-state index contributed by atoms with van der Waals surface area (Å²) in [7, 11) is 3.17. The first-order valence-corrected chi connectivity index (χ1v) is 9.91. The van der Waals surface area contributed by atoms with Crippen molar-refractivity contribution in [1.82, 2.24) is 9.97 Å². The molecule has 1 aliphatic rings. The van der Waals surface area contributed by atoms with Crippen LogP contribution in [0.5, 0.6) is 11.5 Å². The Morgan fingerprint density at radius 1 is 1.21 bits per heavy atom. The predicted octanol–water partition coefficient (Wildman–Crippen LogP) is 3.97. The third kappa shape index (κ3) is 3.71. The van der Waals surface area contributed by atoms with Crippen molar-refractivity contribution in [3.8, 4) is 22.1 Å². The maximum Gasteiger partial charge on any atom is 0.227 e. The van der Waals surface area contributed by atoms with Gasteiger partial charge in [-0.3, -0.25) is 9.78 Å². The van der Waals surface area contributed by atoms with Crippen LogP contribution in [0.3, 0.4) is 0 Å².